The van der Waals surface area contributed by atoms with Crippen molar-refractivity contribution >= 4 is 17.5 Å². The van der Waals surface area contributed by atoms with Gasteiger partial charge in [0.15, 0.2) is 11.6 Å². The van der Waals surface area contributed by atoms with Crippen LogP contribution in [0.1, 0.15) is 71.6 Å². The number of carbonyl (C=O) groups excluding carboxylic acids is 2. The molecule has 4 atom stereocenters. The van der Waals surface area contributed by atoms with Crippen LogP contribution in [0.25, 0.3) is 0 Å². The summed E-state index contributed by atoms with van der Waals surface area (Å²) in [5.41, 5.74) is 3.11. The fraction of sp³-hybridized carbons (Fsp3) is 0.577. The van der Waals surface area contributed by atoms with Gasteiger partial charge in [-0.2, -0.15) is 0 Å². The molecular formula is C26H32O4. The van der Waals surface area contributed by atoms with Crippen molar-refractivity contribution in [2.75, 3.05) is 0 Å². The van der Waals surface area contributed by atoms with Crippen molar-refractivity contribution in [2.45, 2.75) is 71.6 Å². The van der Waals surface area contributed by atoms with Gasteiger partial charge in [-0.05, 0) is 87.7 Å². The first-order chi connectivity index (χ1) is 14.2. The Morgan fingerprint density at radius 2 is 1.87 bits per heavy atom. The van der Waals surface area contributed by atoms with Crippen LogP contribution in [0.2, 0.25) is 0 Å². The molecule has 0 aromatic rings. The monoisotopic (exact) mass is 408 g/mol. The third-order valence-electron chi connectivity index (χ3n) is 8.61. The molecule has 0 radical (unpaired) electrons. The summed E-state index contributed by atoms with van der Waals surface area (Å²) < 4.78 is 0. The zero-order valence-electron chi connectivity index (χ0n) is 18.1. The van der Waals surface area contributed by atoms with Gasteiger partial charge < -0.3 is 5.11 Å². The molecule has 0 spiro atoms. The zero-order chi connectivity index (χ0) is 21.7. The molecule has 4 rings (SSSR count). The maximum Gasteiger partial charge on any atom is 0.309 e. The van der Waals surface area contributed by atoms with Gasteiger partial charge in [0.05, 0.1) is 5.41 Å². The highest BCUT2D eigenvalue weighted by atomic mass is 16.4. The fourth-order valence-electron chi connectivity index (χ4n) is 6.87. The molecule has 0 aromatic heterocycles. The summed E-state index contributed by atoms with van der Waals surface area (Å²) in [5.74, 6) is -0.258. The van der Waals surface area contributed by atoms with Gasteiger partial charge in [-0.25, -0.2) is 0 Å². The minimum Gasteiger partial charge on any atom is -0.481 e. The van der Waals surface area contributed by atoms with Crippen LogP contribution in [0.3, 0.4) is 0 Å². The van der Waals surface area contributed by atoms with Crippen LogP contribution in [-0.2, 0) is 14.4 Å². The van der Waals surface area contributed by atoms with E-state index >= 15 is 0 Å². The largest absolute Gasteiger partial charge is 0.481 e. The molecule has 0 aromatic carbocycles. The van der Waals surface area contributed by atoms with Crippen molar-refractivity contribution in [2.24, 2.45) is 22.7 Å². The molecule has 2 saturated carbocycles. The molecule has 0 amide bonds. The van der Waals surface area contributed by atoms with Crippen LogP contribution >= 0.6 is 0 Å². The Bertz CT molecular complexity index is 917. The lowest BCUT2D eigenvalue weighted by Crippen LogP contribution is -2.53. The van der Waals surface area contributed by atoms with Gasteiger partial charge in [-0.1, -0.05) is 37.1 Å². The van der Waals surface area contributed by atoms with Crippen LogP contribution in [0.5, 0.6) is 0 Å². The van der Waals surface area contributed by atoms with Gasteiger partial charge in [0, 0.05) is 11.1 Å². The van der Waals surface area contributed by atoms with E-state index in [0.29, 0.717) is 29.9 Å². The summed E-state index contributed by atoms with van der Waals surface area (Å²) >= 11 is 0. The van der Waals surface area contributed by atoms with Crippen molar-refractivity contribution in [3.05, 3.63) is 47.1 Å². The van der Waals surface area contributed by atoms with E-state index in [0.717, 1.165) is 44.9 Å². The molecule has 0 unspecified atom stereocenters. The first kappa shape index (κ1) is 21.0. The summed E-state index contributed by atoms with van der Waals surface area (Å²) in [4.78, 5) is 36.5. The average molecular weight is 409 g/mol. The second-order valence-electron chi connectivity index (χ2n) is 10.2. The maximum atomic E-state index is 12.3. The molecule has 0 saturated heterocycles. The molecule has 0 bridgehead atoms. The quantitative estimate of drug-likeness (QED) is 0.502. The van der Waals surface area contributed by atoms with Crippen LogP contribution in [0.15, 0.2) is 47.1 Å². The SMILES string of the molecule is C=C1CC[C@@H]2[C@](C)(CCC[C@]2(C)C(=O)O)[C@H]1CCC1=CCC2=C(C1)C(=O)C=CC2=O. The van der Waals surface area contributed by atoms with Crippen molar-refractivity contribution in [3.63, 3.8) is 0 Å². The third kappa shape index (κ3) is 3.25. The first-order valence-corrected chi connectivity index (χ1v) is 11.2. The molecule has 160 valence electrons. The lowest BCUT2D eigenvalue weighted by Gasteiger charge is -2.57. The van der Waals surface area contributed by atoms with Crippen molar-refractivity contribution in [1.29, 1.82) is 0 Å². The summed E-state index contributed by atoms with van der Waals surface area (Å²) in [6.45, 7) is 8.62. The number of hydrogen-bond donors (Lipinski definition) is 1. The molecule has 2 fully saturated rings. The normalized spacial score (nSPS) is 36.3. The number of ketones is 2. The Labute approximate surface area is 178 Å². The minimum atomic E-state index is -0.660. The molecule has 4 aliphatic rings. The Kier molecular flexibility index (Phi) is 5.24. The number of carboxylic acids is 1. The zero-order valence-corrected chi connectivity index (χ0v) is 18.1. The second kappa shape index (κ2) is 7.47. The van der Waals surface area contributed by atoms with Crippen molar-refractivity contribution < 1.29 is 19.5 Å². The number of fused-ring (bicyclic) bond motifs is 1. The van der Waals surface area contributed by atoms with Gasteiger partial charge in [0.2, 0.25) is 0 Å². The molecular weight excluding hydrogens is 376 g/mol. The Hall–Kier alpha value is -2.23. The average Bonchev–Trinajstić information content (AvgIpc) is 2.70. The standard InChI is InChI=1S/C26H32O4/c1-16-5-12-23-25(2,13-4-14-26(23,3)24(29)30)20(16)9-7-17-6-8-18-19(15-17)22(28)11-10-21(18)27/h6,10-11,20,23H,1,4-5,7-9,12-15H2,2-3H3,(H,29,30)/t20-,23+,25+,26-/m0/s1. The highest BCUT2D eigenvalue weighted by Gasteiger charge is 2.57. The predicted octanol–water partition coefficient (Wildman–Crippen LogP) is 5.35. The van der Waals surface area contributed by atoms with Crippen LogP contribution in [0, 0.1) is 22.7 Å². The lowest BCUT2D eigenvalue weighted by atomic mass is 9.46. The van der Waals surface area contributed by atoms with E-state index < -0.39 is 11.4 Å². The van der Waals surface area contributed by atoms with E-state index in [9.17, 15) is 19.5 Å². The van der Waals surface area contributed by atoms with E-state index in [4.69, 9.17) is 0 Å². The third-order valence-corrected chi connectivity index (χ3v) is 8.61. The fourth-order valence-corrected chi connectivity index (χ4v) is 6.87. The Morgan fingerprint density at radius 1 is 1.17 bits per heavy atom. The van der Waals surface area contributed by atoms with Crippen LogP contribution < -0.4 is 0 Å². The molecule has 0 heterocycles. The van der Waals surface area contributed by atoms with Crippen LogP contribution in [0.4, 0.5) is 0 Å². The maximum absolute atomic E-state index is 12.3. The van der Waals surface area contributed by atoms with Gasteiger partial charge in [-0.15, -0.1) is 0 Å². The van der Waals surface area contributed by atoms with Gasteiger partial charge >= 0.3 is 5.97 Å². The number of rotatable bonds is 4. The molecule has 4 heteroatoms. The van der Waals surface area contributed by atoms with E-state index in [-0.39, 0.29) is 22.9 Å². The van der Waals surface area contributed by atoms with Gasteiger partial charge in [0.25, 0.3) is 0 Å². The topological polar surface area (TPSA) is 71.4 Å². The molecule has 4 aliphatic carbocycles. The molecule has 30 heavy (non-hydrogen) atoms. The van der Waals surface area contributed by atoms with E-state index in [1.807, 2.05) is 6.92 Å². The van der Waals surface area contributed by atoms with Gasteiger partial charge in [0.1, 0.15) is 0 Å². The number of allylic oxidation sites excluding steroid dienone is 7. The first-order valence-electron chi connectivity index (χ1n) is 11.2. The number of hydrogen-bond acceptors (Lipinski definition) is 3. The van der Waals surface area contributed by atoms with Crippen molar-refractivity contribution in [1.82, 2.24) is 0 Å². The minimum absolute atomic E-state index is 0.0335. The number of carboxylic acid groups (broad SMARTS) is 1. The highest BCUT2D eigenvalue weighted by Crippen LogP contribution is 2.62. The van der Waals surface area contributed by atoms with Crippen molar-refractivity contribution in [3.8, 4) is 0 Å². The number of carbonyl (C=O) groups is 3. The van der Waals surface area contributed by atoms with Gasteiger partial charge in [-0.3, -0.25) is 14.4 Å². The highest BCUT2D eigenvalue weighted by molar-refractivity contribution is 6.20. The summed E-state index contributed by atoms with van der Waals surface area (Å²) in [6.07, 6.45) is 12.4. The Balaban J connectivity index is 1.50. The molecule has 0 aliphatic heterocycles. The summed E-state index contributed by atoms with van der Waals surface area (Å²) in [7, 11) is 0. The van der Waals surface area contributed by atoms with E-state index in [1.54, 1.807) is 0 Å². The predicted molar refractivity (Wildman–Crippen MR) is 116 cm³/mol. The molecule has 4 nitrogen and oxygen atoms in total. The second-order valence-corrected chi connectivity index (χ2v) is 10.2. The van der Waals surface area contributed by atoms with E-state index in [2.05, 4.69) is 19.6 Å². The number of aliphatic carboxylic acids is 1. The summed E-state index contributed by atoms with van der Waals surface area (Å²) in [5, 5.41) is 9.99. The lowest BCUT2D eigenvalue weighted by molar-refractivity contribution is -0.164. The summed E-state index contributed by atoms with van der Waals surface area (Å²) in [6, 6.07) is 0. The Morgan fingerprint density at radius 3 is 2.57 bits per heavy atom. The molecule has 1 N–H and O–H groups in total. The van der Waals surface area contributed by atoms with Crippen LogP contribution in [-0.4, -0.2) is 22.6 Å². The smallest absolute Gasteiger partial charge is 0.309 e. The van der Waals surface area contributed by atoms with E-state index in [1.165, 1.54) is 23.3 Å².